The zero-order chi connectivity index (χ0) is 26.3. The Morgan fingerprint density at radius 1 is 0.857 bits per heavy atom. The molecule has 0 heterocycles. The van der Waals surface area contributed by atoms with E-state index in [9.17, 15) is 31.1 Å². The highest BCUT2D eigenvalue weighted by atomic mass is 35.5. The number of halogens is 7. The fourth-order valence-corrected chi connectivity index (χ4v) is 2.77. The van der Waals surface area contributed by atoms with Crippen LogP contribution in [0.1, 0.15) is 26.7 Å². The quantitative estimate of drug-likeness (QED) is 0.0928. The maximum atomic E-state index is 14.0. The van der Waals surface area contributed by atoms with Crippen LogP contribution in [0.3, 0.4) is 0 Å². The van der Waals surface area contributed by atoms with E-state index in [0.29, 0.717) is 24.0 Å². The maximum Gasteiger partial charge on any atom is 0.377 e. The molecule has 2 rings (SSSR count). The summed E-state index contributed by atoms with van der Waals surface area (Å²) in [5.74, 6) is -16.5. The normalized spacial score (nSPS) is 13.4. The second-order valence-corrected chi connectivity index (χ2v) is 8.42. The minimum atomic E-state index is -5.68. The van der Waals surface area contributed by atoms with Crippen LogP contribution in [0.4, 0.5) is 26.3 Å². The highest BCUT2D eigenvalue weighted by Gasteiger charge is 2.71. The molecule has 1 unspecified atom stereocenters. The number of unbranched alkanes of at least 4 members (excludes halogenated alkanes) is 1. The summed E-state index contributed by atoms with van der Waals surface area (Å²) < 4.78 is 97.7. The third-order valence-electron chi connectivity index (χ3n) is 4.85. The van der Waals surface area contributed by atoms with Crippen molar-refractivity contribution in [2.75, 3.05) is 19.8 Å². The van der Waals surface area contributed by atoms with E-state index < -0.39 is 42.3 Å². The van der Waals surface area contributed by atoms with Crippen LogP contribution in [0.25, 0.3) is 11.1 Å². The molecule has 0 aliphatic carbocycles. The number of alkyl halides is 7. The summed E-state index contributed by atoms with van der Waals surface area (Å²) in [5, 5.41) is -0.820. The van der Waals surface area contributed by atoms with Crippen molar-refractivity contribution in [1.29, 1.82) is 0 Å². The number of ether oxygens (including phenoxy) is 3. The van der Waals surface area contributed by atoms with Crippen LogP contribution < -0.4 is 9.47 Å². The van der Waals surface area contributed by atoms with Crippen molar-refractivity contribution in [2.24, 2.45) is 0 Å². The molecular weight excluding hydrogens is 502 g/mol. The van der Waals surface area contributed by atoms with Crippen LogP contribution in [0, 0.1) is 0 Å². The second kappa shape index (κ2) is 12.0. The molecule has 4 nitrogen and oxygen atoms in total. The molecule has 0 amide bonds. The average Bonchev–Trinajstić information content (AvgIpc) is 2.81. The fourth-order valence-electron chi connectivity index (χ4n) is 2.73. The highest BCUT2D eigenvalue weighted by Crippen LogP contribution is 2.46. The molecule has 0 fully saturated rings. The Labute approximate surface area is 204 Å². The smallest absolute Gasteiger partial charge is 0.377 e. The number of rotatable bonds is 13. The van der Waals surface area contributed by atoms with Gasteiger partial charge in [-0.15, -0.1) is 11.6 Å². The van der Waals surface area contributed by atoms with Gasteiger partial charge in [0.15, 0.2) is 6.61 Å². The van der Waals surface area contributed by atoms with E-state index in [0.717, 1.165) is 0 Å². The van der Waals surface area contributed by atoms with Crippen molar-refractivity contribution in [2.45, 2.75) is 49.8 Å². The third kappa shape index (κ3) is 7.51. The van der Waals surface area contributed by atoms with E-state index in [2.05, 4.69) is 4.74 Å². The Morgan fingerprint density at radius 3 is 1.83 bits per heavy atom. The van der Waals surface area contributed by atoms with E-state index in [1.807, 2.05) is 0 Å². The first-order valence-corrected chi connectivity index (χ1v) is 11.1. The molecule has 0 aliphatic heterocycles. The fraction of sp³-hybridized carbons (Fsp3) is 0.458. The molecule has 11 heteroatoms. The van der Waals surface area contributed by atoms with Gasteiger partial charge in [0, 0.05) is 6.61 Å². The number of carbonyl (C=O) groups is 1. The SMILES string of the molecule is CCCCOCC(F)(F)C(F)(F)C(F)(F)COc1ccc(-c2ccc(OC(=O)C(C)Cl)cc2)cc1. The Hall–Kier alpha value is -2.46. The van der Waals surface area contributed by atoms with Crippen LogP contribution in [0.2, 0.25) is 0 Å². The van der Waals surface area contributed by atoms with Crippen molar-refractivity contribution < 1.29 is 45.3 Å². The minimum absolute atomic E-state index is 0.214. The lowest BCUT2D eigenvalue weighted by Crippen LogP contribution is -2.58. The van der Waals surface area contributed by atoms with Crippen molar-refractivity contribution in [3.8, 4) is 22.6 Å². The van der Waals surface area contributed by atoms with E-state index >= 15 is 0 Å². The van der Waals surface area contributed by atoms with Crippen LogP contribution in [0.5, 0.6) is 11.5 Å². The minimum Gasteiger partial charge on any atom is -0.487 e. The lowest BCUT2D eigenvalue weighted by atomic mass is 10.1. The molecule has 0 saturated carbocycles. The van der Waals surface area contributed by atoms with Gasteiger partial charge in [-0.05, 0) is 48.7 Å². The second-order valence-electron chi connectivity index (χ2n) is 7.76. The van der Waals surface area contributed by atoms with Gasteiger partial charge in [0.1, 0.15) is 23.5 Å². The summed E-state index contributed by atoms with van der Waals surface area (Å²) in [6, 6.07) is 11.7. The zero-order valence-corrected chi connectivity index (χ0v) is 19.8. The maximum absolute atomic E-state index is 14.0. The molecule has 0 N–H and O–H groups in total. The molecule has 0 aliphatic rings. The predicted molar refractivity (Wildman–Crippen MR) is 119 cm³/mol. The molecule has 194 valence electrons. The first-order chi connectivity index (χ1) is 16.3. The number of esters is 1. The van der Waals surface area contributed by atoms with Gasteiger partial charge in [-0.2, -0.15) is 26.3 Å². The van der Waals surface area contributed by atoms with Crippen LogP contribution in [-0.2, 0) is 9.53 Å². The molecule has 2 aromatic rings. The Morgan fingerprint density at radius 2 is 1.34 bits per heavy atom. The highest BCUT2D eigenvalue weighted by molar-refractivity contribution is 6.29. The van der Waals surface area contributed by atoms with E-state index in [1.54, 1.807) is 19.1 Å². The van der Waals surface area contributed by atoms with Crippen molar-refractivity contribution in [3.63, 3.8) is 0 Å². The van der Waals surface area contributed by atoms with Gasteiger partial charge >= 0.3 is 23.7 Å². The average molecular weight is 527 g/mol. The number of hydrogen-bond acceptors (Lipinski definition) is 4. The Balaban J connectivity index is 2.00. The molecule has 2 aromatic carbocycles. The molecule has 1 atom stereocenters. The first-order valence-electron chi connectivity index (χ1n) is 10.7. The largest absolute Gasteiger partial charge is 0.487 e. The van der Waals surface area contributed by atoms with Gasteiger partial charge in [0.25, 0.3) is 0 Å². The van der Waals surface area contributed by atoms with E-state index in [-0.39, 0.29) is 18.1 Å². The summed E-state index contributed by atoms with van der Waals surface area (Å²) >= 11 is 5.63. The Bertz CT molecular complexity index is 949. The molecular formula is C24H25ClF6O4. The number of benzene rings is 2. The number of carbonyl (C=O) groups excluding carboxylic acids is 1. The van der Waals surface area contributed by atoms with Crippen LogP contribution in [-0.4, -0.2) is 48.9 Å². The summed E-state index contributed by atoms with van der Waals surface area (Å²) in [6.45, 7) is -0.826. The Kier molecular flexibility index (Phi) is 9.85. The molecule has 35 heavy (non-hydrogen) atoms. The molecule has 0 saturated heterocycles. The number of hydrogen-bond donors (Lipinski definition) is 0. The molecule has 0 spiro atoms. The monoisotopic (exact) mass is 526 g/mol. The lowest BCUT2D eigenvalue weighted by molar-refractivity contribution is -0.324. The third-order valence-corrected chi connectivity index (χ3v) is 5.03. The van der Waals surface area contributed by atoms with Crippen molar-refractivity contribution in [3.05, 3.63) is 48.5 Å². The molecule has 0 radical (unpaired) electrons. The van der Waals surface area contributed by atoms with Gasteiger partial charge < -0.3 is 14.2 Å². The van der Waals surface area contributed by atoms with Crippen molar-refractivity contribution in [1.82, 2.24) is 0 Å². The van der Waals surface area contributed by atoms with E-state index in [4.69, 9.17) is 21.1 Å². The summed E-state index contributed by atoms with van der Waals surface area (Å²) in [7, 11) is 0. The standard InChI is InChI=1S/C24H25ClF6O4/c1-3-4-13-33-14-22(26,27)24(30,31)23(28,29)15-34-19-9-5-17(6-10-19)18-7-11-20(12-8-18)35-21(32)16(2)25/h5-12,16H,3-4,13-15H2,1-2H3. The van der Waals surface area contributed by atoms with Gasteiger partial charge in [-0.3, -0.25) is 4.79 Å². The summed E-state index contributed by atoms with van der Waals surface area (Å²) in [6.07, 6.45) is 0.904. The van der Waals surface area contributed by atoms with E-state index in [1.165, 1.54) is 43.3 Å². The molecule has 0 bridgehead atoms. The topological polar surface area (TPSA) is 44.8 Å². The van der Waals surface area contributed by atoms with Gasteiger partial charge in [0.05, 0.1) is 0 Å². The van der Waals surface area contributed by atoms with Crippen molar-refractivity contribution >= 4 is 17.6 Å². The summed E-state index contributed by atoms with van der Waals surface area (Å²) in [5.41, 5.74) is 1.27. The van der Waals surface area contributed by atoms with Gasteiger partial charge in [0.2, 0.25) is 0 Å². The zero-order valence-electron chi connectivity index (χ0n) is 19.0. The van der Waals surface area contributed by atoms with Crippen LogP contribution >= 0.6 is 11.6 Å². The molecule has 0 aromatic heterocycles. The van der Waals surface area contributed by atoms with Gasteiger partial charge in [-0.25, -0.2) is 0 Å². The lowest BCUT2D eigenvalue weighted by Gasteiger charge is -2.32. The summed E-state index contributed by atoms with van der Waals surface area (Å²) in [4.78, 5) is 11.5. The van der Waals surface area contributed by atoms with Gasteiger partial charge in [-0.1, -0.05) is 37.6 Å². The van der Waals surface area contributed by atoms with Crippen LogP contribution in [0.15, 0.2) is 48.5 Å². The first kappa shape index (κ1) is 28.8. The predicted octanol–water partition coefficient (Wildman–Crippen LogP) is 6.99.